The van der Waals surface area contributed by atoms with Crippen molar-refractivity contribution in [1.29, 1.82) is 0 Å². The van der Waals surface area contributed by atoms with Crippen molar-refractivity contribution >= 4 is 27.5 Å². The second-order valence-corrected chi connectivity index (χ2v) is 8.34. The Morgan fingerprint density at radius 3 is 2.16 bits per heavy atom. The minimum Gasteiger partial charge on any atom is -0.351 e. The number of nitrogens with one attached hydrogen (secondary N) is 1. The maximum Gasteiger partial charge on any atom is 0.235 e. The van der Waals surface area contributed by atoms with Crippen LogP contribution in [0.2, 0.25) is 5.02 Å². The Hall–Kier alpha value is -1.89. The van der Waals surface area contributed by atoms with Crippen molar-refractivity contribution in [1.82, 2.24) is 9.62 Å². The fourth-order valence-corrected chi connectivity index (χ4v) is 3.07. The molecule has 0 heterocycles. The van der Waals surface area contributed by atoms with Gasteiger partial charge in [-0.1, -0.05) is 53.6 Å². The van der Waals surface area contributed by atoms with Crippen LogP contribution in [0, 0.1) is 6.92 Å². The zero-order valence-corrected chi connectivity index (χ0v) is 15.8. The minimum atomic E-state index is -3.50. The molecule has 0 aliphatic rings. The summed E-state index contributed by atoms with van der Waals surface area (Å²) in [5.74, 6) is -0.354. The van der Waals surface area contributed by atoms with Crippen molar-refractivity contribution in [3.63, 3.8) is 0 Å². The molecule has 0 bridgehead atoms. The van der Waals surface area contributed by atoms with E-state index in [0.717, 1.165) is 27.3 Å². The fraction of sp³-hybridized carbons (Fsp3) is 0.278. The third-order valence-corrected chi connectivity index (χ3v) is 5.12. The lowest BCUT2D eigenvalue weighted by Gasteiger charge is -2.19. The molecule has 2 rings (SSSR count). The van der Waals surface area contributed by atoms with Crippen LogP contribution in [0.1, 0.15) is 16.7 Å². The van der Waals surface area contributed by atoms with E-state index in [1.807, 2.05) is 43.3 Å². The smallest absolute Gasteiger partial charge is 0.235 e. The Balaban J connectivity index is 1.97. The van der Waals surface area contributed by atoms with E-state index in [1.54, 1.807) is 12.1 Å². The fourth-order valence-electron chi connectivity index (χ4n) is 2.21. The van der Waals surface area contributed by atoms with E-state index in [-0.39, 0.29) is 19.0 Å². The van der Waals surface area contributed by atoms with Crippen molar-refractivity contribution in [3.05, 3.63) is 70.2 Å². The summed E-state index contributed by atoms with van der Waals surface area (Å²) in [4.78, 5) is 12.1. The van der Waals surface area contributed by atoms with Gasteiger partial charge < -0.3 is 5.32 Å². The first-order valence-electron chi connectivity index (χ1n) is 7.76. The van der Waals surface area contributed by atoms with Gasteiger partial charge in [0, 0.05) is 18.1 Å². The number of carbonyl (C=O) groups excluding carboxylic acids is 1. The molecule has 2 aromatic carbocycles. The lowest BCUT2D eigenvalue weighted by Crippen LogP contribution is -2.39. The quantitative estimate of drug-likeness (QED) is 0.803. The van der Waals surface area contributed by atoms with Gasteiger partial charge in [-0.15, -0.1) is 0 Å². The first-order chi connectivity index (χ1) is 11.7. The van der Waals surface area contributed by atoms with E-state index in [0.29, 0.717) is 11.6 Å². The summed E-state index contributed by atoms with van der Waals surface area (Å²) in [7, 11) is -3.50. The van der Waals surface area contributed by atoms with E-state index in [2.05, 4.69) is 5.32 Å². The van der Waals surface area contributed by atoms with Crippen LogP contribution in [0.25, 0.3) is 0 Å². The monoisotopic (exact) mass is 380 g/mol. The number of hydrogen-bond donors (Lipinski definition) is 1. The third kappa shape index (κ3) is 6.49. The minimum absolute atomic E-state index is 0.160. The number of aryl methyl sites for hydroxylation is 1. The number of halogens is 1. The molecular formula is C18H21ClN2O3S. The van der Waals surface area contributed by atoms with E-state index in [1.165, 1.54) is 0 Å². The summed E-state index contributed by atoms with van der Waals surface area (Å²) >= 11 is 5.82. The van der Waals surface area contributed by atoms with Gasteiger partial charge in [-0.25, -0.2) is 8.42 Å². The third-order valence-electron chi connectivity index (χ3n) is 3.67. The first-order valence-corrected chi connectivity index (χ1v) is 9.98. The van der Waals surface area contributed by atoms with Crippen LogP contribution in [0.3, 0.4) is 0 Å². The molecule has 0 atom stereocenters. The molecule has 134 valence electrons. The summed E-state index contributed by atoms with van der Waals surface area (Å²) in [6.07, 6.45) is 1.10. The van der Waals surface area contributed by atoms with Crippen LogP contribution < -0.4 is 5.32 Å². The van der Waals surface area contributed by atoms with Gasteiger partial charge in [0.15, 0.2) is 0 Å². The molecule has 0 aliphatic carbocycles. The highest BCUT2D eigenvalue weighted by atomic mass is 35.5. The molecule has 2 aromatic rings. The predicted octanol–water partition coefficient (Wildman–Crippen LogP) is 2.73. The van der Waals surface area contributed by atoms with Gasteiger partial charge in [0.05, 0.1) is 12.8 Å². The molecule has 0 fully saturated rings. The molecule has 7 heteroatoms. The van der Waals surface area contributed by atoms with Crippen LogP contribution >= 0.6 is 11.6 Å². The molecule has 5 nitrogen and oxygen atoms in total. The SMILES string of the molecule is Cc1ccc(CN(CC(=O)NCc2ccc(Cl)cc2)S(C)(=O)=O)cc1. The summed E-state index contributed by atoms with van der Waals surface area (Å²) in [6.45, 7) is 2.22. The molecule has 25 heavy (non-hydrogen) atoms. The van der Waals surface area contributed by atoms with Crippen LogP contribution in [0.15, 0.2) is 48.5 Å². The van der Waals surface area contributed by atoms with Gasteiger partial charge in [-0.2, -0.15) is 4.31 Å². The highest BCUT2D eigenvalue weighted by Crippen LogP contribution is 2.11. The largest absolute Gasteiger partial charge is 0.351 e. The van der Waals surface area contributed by atoms with E-state index >= 15 is 0 Å². The zero-order valence-electron chi connectivity index (χ0n) is 14.2. The summed E-state index contributed by atoms with van der Waals surface area (Å²) in [5, 5.41) is 3.35. The van der Waals surface area contributed by atoms with Gasteiger partial charge in [0.25, 0.3) is 0 Å². The van der Waals surface area contributed by atoms with Gasteiger partial charge in [-0.05, 0) is 30.2 Å². The van der Waals surface area contributed by atoms with Crippen molar-refractivity contribution < 1.29 is 13.2 Å². The molecule has 1 amide bonds. The number of rotatable bonds is 7. The van der Waals surface area contributed by atoms with Crippen LogP contribution in [0.5, 0.6) is 0 Å². The number of nitrogens with zero attached hydrogens (tertiary/aromatic N) is 1. The number of carbonyl (C=O) groups is 1. The van der Waals surface area contributed by atoms with Crippen molar-refractivity contribution in [2.24, 2.45) is 0 Å². The van der Waals surface area contributed by atoms with Gasteiger partial charge in [0.1, 0.15) is 0 Å². The van der Waals surface area contributed by atoms with Crippen LogP contribution in [-0.4, -0.2) is 31.4 Å². The normalized spacial score (nSPS) is 11.5. The average molecular weight is 381 g/mol. The summed E-state index contributed by atoms with van der Waals surface area (Å²) in [6, 6.07) is 14.6. The number of amides is 1. The Morgan fingerprint density at radius 2 is 1.60 bits per heavy atom. The van der Waals surface area contributed by atoms with Crippen molar-refractivity contribution in [2.75, 3.05) is 12.8 Å². The summed E-state index contributed by atoms with van der Waals surface area (Å²) in [5.41, 5.74) is 2.82. The average Bonchev–Trinajstić information content (AvgIpc) is 2.55. The number of hydrogen-bond acceptors (Lipinski definition) is 3. The molecule has 0 saturated heterocycles. The molecule has 1 N–H and O–H groups in total. The van der Waals surface area contributed by atoms with Gasteiger partial charge in [0.2, 0.25) is 15.9 Å². The Kier molecular flexibility index (Phi) is 6.58. The molecule has 0 spiro atoms. The highest BCUT2D eigenvalue weighted by Gasteiger charge is 2.20. The topological polar surface area (TPSA) is 66.5 Å². The maximum atomic E-state index is 12.1. The van der Waals surface area contributed by atoms with E-state index in [9.17, 15) is 13.2 Å². The van der Waals surface area contributed by atoms with E-state index in [4.69, 9.17) is 11.6 Å². The standard InChI is InChI=1S/C18H21ClN2O3S/c1-14-3-5-16(6-4-14)12-21(25(2,23)24)13-18(22)20-11-15-7-9-17(19)10-8-15/h3-10H,11-13H2,1-2H3,(H,20,22). The molecule has 0 radical (unpaired) electrons. The highest BCUT2D eigenvalue weighted by molar-refractivity contribution is 7.88. The molecule has 0 unspecified atom stereocenters. The lowest BCUT2D eigenvalue weighted by atomic mass is 10.1. The first kappa shape index (κ1) is 19.4. The molecular weight excluding hydrogens is 360 g/mol. The maximum absolute atomic E-state index is 12.1. The summed E-state index contributed by atoms with van der Waals surface area (Å²) < 4.78 is 25.1. The van der Waals surface area contributed by atoms with Crippen molar-refractivity contribution in [2.45, 2.75) is 20.0 Å². The molecule has 0 aliphatic heterocycles. The molecule has 0 aromatic heterocycles. The van der Waals surface area contributed by atoms with Gasteiger partial charge >= 0.3 is 0 Å². The predicted molar refractivity (Wildman–Crippen MR) is 99.7 cm³/mol. The lowest BCUT2D eigenvalue weighted by molar-refractivity contribution is -0.121. The Labute approximate surface area is 153 Å². The van der Waals surface area contributed by atoms with Gasteiger partial charge in [-0.3, -0.25) is 4.79 Å². The molecule has 0 saturated carbocycles. The van der Waals surface area contributed by atoms with Crippen LogP contribution in [-0.2, 0) is 27.9 Å². The number of benzene rings is 2. The van der Waals surface area contributed by atoms with Crippen molar-refractivity contribution in [3.8, 4) is 0 Å². The Morgan fingerprint density at radius 1 is 1.04 bits per heavy atom. The van der Waals surface area contributed by atoms with E-state index < -0.39 is 10.0 Å². The number of sulfonamides is 1. The second-order valence-electron chi connectivity index (χ2n) is 5.92. The Bertz CT molecular complexity index is 818. The van der Waals surface area contributed by atoms with Crippen LogP contribution in [0.4, 0.5) is 0 Å². The second kappa shape index (κ2) is 8.47. The zero-order chi connectivity index (χ0) is 18.4.